The van der Waals surface area contributed by atoms with E-state index in [1.165, 1.54) is 0 Å². The highest BCUT2D eigenvalue weighted by Gasteiger charge is 2.22. The maximum Gasteiger partial charge on any atom is 0.305 e. The number of carbonyl (C=O) groups is 2. The van der Waals surface area contributed by atoms with Crippen LogP contribution in [0.15, 0.2) is 12.2 Å². The van der Waals surface area contributed by atoms with Gasteiger partial charge in [-0.3, -0.25) is 9.59 Å². The minimum Gasteiger partial charge on any atom is -0.466 e. The first-order valence-electron chi connectivity index (χ1n) is 9.93. The molecule has 4 nitrogen and oxygen atoms in total. The maximum atomic E-state index is 11.9. The highest BCUT2D eigenvalue weighted by molar-refractivity contribution is 7.97. The third-order valence-corrected chi connectivity index (χ3v) is 5.59. The van der Waals surface area contributed by atoms with Crippen molar-refractivity contribution in [3.05, 3.63) is 12.2 Å². The topological polar surface area (TPSA) is 46.6 Å². The number of unbranched alkanes of at least 4 members (excludes halogenated alkanes) is 5. The summed E-state index contributed by atoms with van der Waals surface area (Å²) in [4.78, 5) is 23.1. The number of rotatable bonds is 14. The second-order valence-corrected chi connectivity index (χ2v) is 7.72. The zero-order chi connectivity index (χ0) is 18.3. The number of nitrogens with zero attached hydrogens (tertiary/aromatic N) is 1. The van der Waals surface area contributed by atoms with Gasteiger partial charge in [0.25, 0.3) is 0 Å². The molecule has 25 heavy (non-hydrogen) atoms. The van der Waals surface area contributed by atoms with Crippen molar-refractivity contribution >= 4 is 23.7 Å². The number of hydrogen-bond donors (Lipinski definition) is 0. The molecule has 1 rings (SSSR count). The van der Waals surface area contributed by atoms with Crippen molar-refractivity contribution in [3.8, 4) is 0 Å². The summed E-state index contributed by atoms with van der Waals surface area (Å²) in [6, 6.07) is 0.402. The fraction of sp³-hybridized carbons (Fsp3) is 0.800. The van der Waals surface area contributed by atoms with Gasteiger partial charge in [0.2, 0.25) is 0 Å². The number of carbonyl (C=O) groups excluding carboxylic acids is 2. The van der Waals surface area contributed by atoms with Gasteiger partial charge in [-0.05, 0) is 38.7 Å². The SMILES string of the molecule is CCCCCC(=O)C=CC1CCSN1CCCCCCC(=O)OCC. The van der Waals surface area contributed by atoms with Crippen molar-refractivity contribution in [1.29, 1.82) is 0 Å². The lowest BCUT2D eigenvalue weighted by atomic mass is 10.1. The van der Waals surface area contributed by atoms with E-state index in [-0.39, 0.29) is 11.8 Å². The maximum absolute atomic E-state index is 11.9. The van der Waals surface area contributed by atoms with E-state index in [9.17, 15) is 9.59 Å². The summed E-state index contributed by atoms with van der Waals surface area (Å²) in [5.41, 5.74) is 0. The lowest BCUT2D eigenvalue weighted by molar-refractivity contribution is -0.143. The molecular weight excluding hydrogens is 334 g/mol. The predicted octanol–water partition coefficient (Wildman–Crippen LogP) is 4.93. The first-order valence-corrected chi connectivity index (χ1v) is 10.9. The first kappa shape index (κ1) is 22.2. The van der Waals surface area contributed by atoms with Crippen LogP contribution in [0, 0.1) is 0 Å². The zero-order valence-electron chi connectivity index (χ0n) is 16.0. The Hall–Kier alpha value is -0.810. The molecule has 0 N–H and O–H groups in total. The van der Waals surface area contributed by atoms with Gasteiger partial charge in [-0.2, -0.15) is 0 Å². The number of allylic oxidation sites excluding steroid dienone is 1. The second-order valence-electron chi connectivity index (χ2n) is 6.58. The molecular formula is C20H35NO3S. The molecule has 5 heteroatoms. The molecule has 0 aromatic heterocycles. The van der Waals surface area contributed by atoms with Crippen molar-refractivity contribution in [2.45, 2.75) is 84.1 Å². The zero-order valence-corrected chi connectivity index (χ0v) is 16.8. The third kappa shape index (κ3) is 10.7. The molecule has 0 aromatic carbocycles. The van der Waals surface area contributed by atoms with E-state index in [1.807, 2.05) is 18.9 Å². The number of esters is 1. The number of hydrogen-bond acceptors (Lipinski definition) is 5. The molecule has 0 saturated carbocycles. The van der Waals surface area contributed by atoms with E-state index >= 15 is 0 Å². The van der Waals surface area contributed by atoms with Crippen LogP contribution in [0.4, 0.5) is 0 Å². The van der Waals surface area contributed by atoms with Crippen molar-refractivity contribution in [1.82, 2.24) is 4.31 Å². The van der Waals surface area contributed by atoms with Crippen LogP contribution in [0.1, 0.15) is 78.1 Å². The van der Waals surface area contributed by atoms with Crippen LogP contribution in [0.2, 0.25) is 0 Å². The molecule has 0 aromatic rings. The Kier molecular flexibility index (Phi) is 12.8. The summed E-state index contributed by atoms with van der Waals surface area (Å²) < 4.78 is 7.35. The van der Waals surface area contributed by atoms with Crippen LogP contribution in [0.25, 0.3) is 0 Å². The standard InChI is InChI=1S/C20H35NO3S/c1-3-5-8-11-19(22)14-13-18-15-17-25-21(18)16-10-7-6-9-12-20(23)24-4-2/h13-14,18H,3-12,15-17H2,1-2H3. The fourth-order valence-corrected chi connectivity index (χ4v) is 4.13. The summed E-state index contributed by atoms with van der Waals surface area (Å²) in [6.45, 7) is 5.53. The molecule has 0 spiro atoms. The van der Waals surface area contributed by atoms with E-state index in [2.05, 4.69) is 17.3 Å². The molecule has 0 bridgehead atoms. The van der Waals surface area contributed by atoms with E-state index in [4.69, 9.17) is 4.74 Å². The van der Waals surface area contributed by atoms with Crippen LogP contribution in [-0.4, -0.2) is 41.0 Å². The summed E-state index contributed by atoms with van der Waals surface area (Å²) in [7, 11) is 0. The molecule has 1 aliphatic heterocycles. The van der Waals surface area contributed by atoms with Crippen LogP contribution in [-0.2, 0) is 14.3 Å². The van der Waals surface area contributed by atoms with Gasteiger partial charge in [0.15, 0.2) is 5.78 Å². The molecule has 0 radical (unpaired) electrons. The van der Waals surface area contributed by atoms with Crippen molar-refractivity contribution in [2.75, 3.05) is 18.9 Å². The summed E-state index contributed by atoms with van der Waals surface area (Å²) in [6.07, 6.45) is 13.9. The van der Waals surface area contributed by atoms with Crippen molar-refractivity contribution in [3.63, 3.8) is 0 Å². The summed E-state index contributed by atoms with van der Waals surface area (Å²) in [5, 5.41) is 0. The highest BCUT2D eigenvalue weighted by Crippen LogP contribution is 2.28. The number of ketones is 1. The van der Waals surface area contributed by atoms with Crippen LogP contribution in [0.5, 0.6) is 0 Å². The Morgan fingerprint density at radius 2 is 1.84 bits per heavy atom. The minimum absolute atomic E-state index is 0.0774. The highest BCUT2D eigenvalue weighted by atomic mass is 32.2. The predicted molar refractivity (Wildman–Crippen MR) is 106 cm³/mol. The first-order chi connectivity index (χ1) is 12.2. The second kappa shape index (κ2) is 14.4. The fourth-order valence-electron chi connectivity index (χ4n) is 2.93. The number of ether oxygens (including phenoxy) is 1. The van der Waals surface area contributed by atoms with E-state index in [0.717, 1.165) is 63.7 Å². The Morgan fingerprint density at radius 3 is 2.60 bits per heavy atom. The van der Waals surface area contributed by atoms with Gasteiger partial charge in [0, 0.05) is 31.2 Å². The van der Waals surface area contributed by atoms with Crippen molar-refractivity contribution in [2.24, 2.45) is 0 Å². The van der Waals surface area contributed by atoms with Gasteiger partial charge >= 0.3 is 5.97 Å². The third-order valence-electron chi connectivity index (χ3n) is 4.39. The molecule has 1 aliphatic rings. The van der Waals surface area contributed by atoms with Gasteiger partial charge in [0.05, 0.1) is 6.61 Å². The van der Waals surface area contributed by atoms with Gasteiger partial charge in [-0.25, -0.2) is 4.31 Å². The Balaban J connectivity index is 2.14. The molecule has 1 fully saturated rings. The molecule has 144 valence electrons. The van der Waals surface area contributed by atoms with Crippen LogP contribution < -0.4 is 0 Å². The normalized spacial score (nSPS) is 18.1. The van der Waals surface area contributed by atoms with E-state index in [1.54, 1.807) is 6.08 Å². The molecule has 0 amide bonds. The van der Waals surface area contributed by atoms with Gasteiger partial charge in [0.1, 0.15) is 0 Å². The minimum atomic E-state index is -0.0774. The van der Waals surface area contributed by atoms with Gasteiger partial charge < -0.3 is 4.74 Å². The largest absolute Gasteiger partial charge is 0.466 e. The van der Waals surface area contributed by atoms with Gasteiger partial charge in [-0.1, -0.05) is 50.6 Å². The summed E-state index contributed by atoms with van der Waals surface area (Å²) in [5.74, 6) is 1.33. The lowest BCUT2D eigenvalue weighted by Crippen LogP contribution is -2.23. The average molecular weight is 370 g/mol. The average Bonchev–Trinajstić information content (AvgIpc) is 3.04. The summed E-state index contributed by atoms with van der Waals surface area (Å²) >= 11 is 1.90. The van der Waals surface area contributed by atoms with Gasteiger partial charge in [-0.15, -0.1) is 0 Å². The van der Waals surface area contributed by atoms with Crippen LogP contribution in [0.3, 0.4) is 0 Å². The Labute approximate surface area is 157 Å². The molecule has 1 unspecified atom stereocenters. The Bertz CT molecular complexity index is 412. The van der Waals surface area contributed by atoms with E-state index < -0.39 is 0 Å². The Morgan fingerprint density at radius 1 is 1.08 bits per heavy atom. The van der Waals surface area contributed by atoms with E-state index in [0.29, 0.717) is 25.5 Å². The molecule has 0 aliphatic carbocycles. The monoisotopic (exact) mass is 369 g/mol. The molecule has 1 atom stereocenters. The molecule has 1 heterocycles. The lowest BCUT2D eigenvalue weighted by Gasteiger charge is -2.20. The smallest absolute Gasteiger partial charge is 0.305 e. The van der Waals surface area contributed by atoms with Crippen molar-refractivity contribution < 1.29 is 14.3 Å². The molecule has 1 saturated heterocycles. The van der Waals surface area contributed by atoms with Crippen LogP contribution >= 0.6 is 11.9 Å². The quantitative estimate of drug-likeness (QED) is 0.188.